The first-order chi connectivity index (χ1) is 13.3. The molecule has 0 aliphatic heterocycles. The number of para-hydroxylation sites is 2. The van der Waals surface area contributed by atoms with Crippen LogP contribution in [-0.2, 0) is 6.54 Å². The maximum absolute atomic E-state index is 4.96. The van der Waals surface area contributed by atoms with Crippen molar-refractivity contribution < 1.29 is 0 Å². The van der Waals surface area contributed by atoms with Crippen LogP contribution in [0.2, 0.25) is 0 Å². The topological polar surface area (TPSA) is 17.8 Å². The first-order valence-electron chi connectivity index (χ1n) is 9.28. The second-order valence-corrected chi connectivity index (χ2v) is 7.02. The second kappa shape index (κ2) is 6.40. The van der Waals surface area contributed by atoms with Crippen molar-refractivity contribution in [2.75, 3.05) is 0 Å². The van der Waals surface area contributed by atoms with Crippen molar-refractivity contribution in [3.8, 4) is 11.4 Å². The third kappa shape index (κ3) is 2.80. The van der Waals surface area contributed by atoms with Gasteiger partial charge in [-0.25, -0.2) is 4.98 Å². The highest BCUT2D eigenvalue weighted by Crippen LogP contribution is 2.28. The summed E-state index contributed by atoms with van der Waals surface area (Å²) in [6, 6.07) is 32.1. The molecule has 1 heterocycles. The lowest BCUT2D eigenvalue weighted by Crippen LogP contribution is -2.03. The Labute approximate surface area is 158 Å². The van der Waals surface area contributed by atoms with Gasteiger partial charge in [0.05, 0.1) is 17.6 Å². The van der Waals surface area contributed by atoms with Crippen LogP contribution in [-0.4, -0.2) is 9.55 Å². The van der Waals surface area contributed by atoms with Crippen molar-refractivity contribution in [1.82, 2.24) is 9.55 Å². The molecule has 0 bridgehead atoms. The highest BCUT2D eigenvalue weighted by atomic mass is 15.1. The fourth-order valence-corrected chi connectivity index (χ4v) is 3.84. The average molecular weight is 348 g/mol. The predicted molar refractivity (Wildman–Crippen MR) is 113 cm³/mol. The molecule has 2 nitrogen and oxygen atoms in total. The molecule has 0 spiro atoms. The van der Waals surface area contributed by atoms with Crippen molar-refractivity contribution >= 4 is 21.8 Å². The Balaban J connectivity index is 1.73. The van der Waals surface area contributed by atoms with Gasteiger partial charge in [0.1, 0.15) is 5.82 Å². The van der Waals surface area contributed by atoms with E-state index in [1.807, 2.05) is 0 Å². The van der Waals surface area contributed by atoms with E-state index < -0.39 is 0 Å². The normalized spacial score (nSPS) is 11.3. The number of imidazole rings is 1. The summed E-state index contributed by atoms with van der Waals surface area (Å²) < 4.78 is 2.34. The minimum atomic E-state index is 0.797. The van der Waals surface area contributed by atoms with E-state index in [1.54, 1.807) is 0 Å². The lowest BCUT2D eigenvalue weighted by atomic mass is 10.0. The van der Waals surface area contributed by atoms with Gasteiger partial charge in [-0.3, -0.25) is 0 Å². The van der Waals surface area contributed by atoms with Crippen molar-refractivity contribution in [2.45, 2.75) is 13.5 Å². The molecule has 0 unspecified atom stereocenters. The van der Waals surface area contributed by atoms with Gasteiger partial charge >= 0.3 is 0 Å². The van der Waals surface area contributed by atoms with Crippen LogP contribution in [0.15, 0.2) is 91.0 Å². The van der Waals surface area contributed by atoms with Gasteiger partial charge in [0.15, 0.2) is 0 Å². The van der Waals surface area contributed by atoms with Crippen LogP contribution in [0.3, 0.4) is 0 Å². The number of aryl methyl sites for hydroxylation is 1. The number of benzene rings is 4. The summed E-state index contributed by atoms with van der Waals surface area (Å²) in [6.07, 6.45) is 0. The molecule has 5 rings (SSSR count). The average Bonchev–Trinajstić information content (AvgIpc) is 3.07. The molecule has 0 aliphatic rings. The summed E-state index contributed by atoms with van der Waals surface area (Å²) in [4.78, 5) is 4.96. The lowest BCUT2D eigenvalue weighted by Gasteiger charge is -2.12. The summed E-state index contributed by atoms with van der Waals surface area (Å²) in [5, 5.41) is 2.57. The highest BCUT2D eigenvalue weighted by molar-refractivity contribution is 5.86. The van der Waals surface area contributed by atoms with Crippen molar-refractivity contribution in [1.29, 1.82) is 0 Å². The molecular formula is C25H20N2. The molecule has 2 heteroatoms. The van der Waals surface area contributed by atoms with E-state index in [0.29, 0.717) is 0 Å². The zero-order valence-corrected chi connectivity index (χ0v) is 15.3. The van der Waals surface area contributed by atoms with E-state index in [1.165, 1.54) is 27.4 Å². The molecule has 0 N–H and O–H groups in total. The zero-order valence-electron chi connectivity index (χ0n) is 15.3. The van der Waals surface area contributed by atoms with Gasteiger partial charge in [-0.05, 0) is 41.5 Å². The van der Waals surface area contributed by atoms with Gasteiger partial charge in [0.25, 0.3) is 0 Å². The molecule has 0 saturated carbocycles. The Hall–Kier alpha value is -3.39. The summed E-state index contributed by atoms with van der Waals surface area (Å²) in [6.45, 7) is 2.92. The monoisotopic (exact) mass is 348 g/mol. The first-order valence-corrected chi connectivity index (χ1v) is 9.28. The summed E-state index contributed by atoms with van der Waals surface area (Å²) in [5.74, 6) is 1.02. The molecule has 0 amide bonds. The molecule has 0 saturated heterocycles. The molecule has 5 aromatic rings. The van der Waals surface area contributed by atoms with E-state index in [2.05, 4.69) is 102 Å². The largest absolute Gasteiger partial charge is 0.319 e. The predicted octanol–water partition coefficient (Wildman–Crippen LogP) is 6.21. The standard InChI is InChI=1S/C25H20N2/c1-18-8-6-11-20(16-18)25-26-23-14-4-5-15-24(23)27(25)17-21-12-7-10-19-9-2-3-13-22(19)21/h2-16H,17H2,1H3. The number of hydrogen-bond donors (Lipinski definition) is 0. The zero-order chi connectivity index (χ0) is 18.2. The Morgan fingerprint density at radius 3 is 2.48 bits per heavy atom. The molecule has 27 heavy (non-hydrogen) atoms. The number of rotatable bonds is 3. The fourth-order valence-electron chi connectivity index (χ4n) is 3.84. The van der Waals surface area contributed by atoms with Crippen LogP contribution in [0.25, 0.3) is 33.2 Å². The molecule has 0 radical (unpaired) electrons. The number of fused-ring (bicyclic) bond motifs is 2. The van der Waals surface area contributed by atoms with E-state index in [-0.39, 0.29) is 0 Å². The number of aromatic nitrogens is 2. The number of nitrogens with zero attached hydrogens (tertiary/aromatic N) is 2. The van der Waals surface area contributed by atoms with Gasteiger partial charge < -0.3 is 4.57 Å². The van der Waals surface area contributed by atoms with E-state index >= 15 is 0 Å². The van der Waals surface area contributed by atoms with Gasteiger partial charge in [0, 0.05) is 5.56 Å². The van der Waals surface area contributed by atoms with E-state index in [0.717, 1.165) is 23.4 Å². The van der Waals surface area contributed by atoms with Gasteiger partial charge in [-0.1, -0.05) is 78.4 Å². The Morgan fingerprint density at radius 2 is 1.56 bits per heavy atom. The first kappa shape index (κ1) is 15.8. The second-order valence-electron chi connectivity index (χ2n) is 7.02. The molecular weight excluding hydrogens is 328 g/mol. The Morgan fingerprint density at radius 1 is 0.778 bits per heavy atom. The van der Waals surface area contributed by atoms with Crippen molar-refractivity contribution in [2.24, 2.45) is 0 Å². The quantitative estimate of drug-likeness (QED) is 0.379. The molecule has 0 atom stereocenters. The van der Waals surface area contributed by atoms with Crippen molar-refractivity contribution in [3.05, 3.63) is 102 Å². The minimum Gasteiger partial charge on any atom is -0.319 e. The third-order valence-electron chi connectivity index (χ3n) is 5.14. The van der Waals surface area contributed by atoms with Gasteiger partial charge in [0.2, 0.25) is 0 Å². The van der Waals surface area contributed by atoms with E-state index in [4.69, 9.17) is 4.98 Å². The molecule has 1 aromatic heterocycles. The summed E-state index contributed by atoms with van der Waals surface area (Å²) in [5.41, 5.74) is 5.92. The van der Waals surface area contributed by atoms with Crippen LogP contribution >= 0.6 is 0 Å². The Bertz CT molecular complexity index is 1260. The lowest BCUT2D eigenvalue weighted by molar-refractivity contribution is 0.840. The third-order valence-corrected chi connectivity index (χ3v) is 5.14. The smallest absolute Gasteiger partial charge is 0.141 e. The molecule has 130 valence electrons. The molecule has 0 fully saturated rings. The van der Waals surface area contributed by atoms with Crippen molar-refractivity contribution in [3.63, 3.8) is 0 Å². The summed E-state index contributed by atoms with van der Waals surface area (Å²) >= 11 is 0. The van der Waals surface area contributed by atoms with Crippen LogP contribution in [0.1, 0.15) is 11.1 Å². The highest BCUT2D eigenvalue weighted by Gasteiger charge is 2.14. The summed E-state index contributed by atoms with van der Waals surface area (Å²) in [7, 11) is 0. The maximum atomic E-state index is 4.96. The van der Waals surface area contributed by atoms with Crippen LogP contribution in [0.5, 0.6) is 0 Å². The van der Waals surface area contributed by atoms with Crippen LogP contribution in [0, 0.1) is 6.92 Å². The van der Waals surface area contributed by atoms with Crippen LogP contribution < -0.4 is 0 Å². The maximum Gasteiger partial charge on any atom is 0.141 e. The van der Waals surface area contributed by atoms with Gasteiger partial charge in [-0.2, -0.15) is 0 Å². The Kier molecular flexibility index (Phi) is 3.75. The minimum absolute atomic E-state index is 0.797. The van der Waals surface area contributed by atoms with Crippen LogP contribution in [0.4, 0.5) is 0 Å². The van der Waals surface area contributed by atoms with E-state index in [9.17, 15) is 0 Å². The molecule has 4 aromatic carbocycles. The SMILES string of the molecule is Cc1cccc(-c2nc3ccccc3n2Cc2cccc3ccccc23)c1. The van der Waals surface area contributed by atoms with Gasteiger partial charge in [-0.15, -0.1) is 0 Å². The fraction of sp³-hybridized carbons (Fsp3) is 0.0800. The molecule has 0 aliphatic carbocycles. The number of hydrogen-bond acceptors (Lipinski definition) is 1.